The number of hydrogen-bond acceptors (Lipinski definition) is 7. The van der Waals surface area contributed by atoms with Gasteiger partial charge in [-0.05, 0) is 44.8 Å². The molecule has 2 saturated heterocycles. The van der Waals surface area contributed by atoms with Crippen LogP contribution in [0.4, 0.5) is 5.69 Å². The molecule has 2 fully saturated rings. The first kappa shape index (κ1) is 19.9. The second-order valence-corrected chi connectivity index (χ2v) is 9.30. The largest absolute Gasteiger partial charge is 0.493 e. The number of benzene rings is 1. The summed E-state index contributed by atoms with van der Waals surface area (Å²) in [4.78, 5) is 26.5. The van der Waals surface area contributed by atoms with Crippen molar-refractivity contribution in [2.45, 2.75) is 38.3 Å². The summed E-state index contributed by atoms with van der Waals surface area (Å²) in [6.45, 7) is 4.10. The van der Waals surface area contributed by atoms with E-state index in [9.17, 15) is 4.79 Å². The van der Waals surface area contributed by atoms with Crippen molar-refractivity contribution in [3.8, 4) is 11.5 Å². The molecule has 0 saturated carbocycles. The van der Waals surface area contributed by atoms with Crippen LogP contribution in [0.3, 0.4) is 0 Å². The van der Waals surface area contributed by atoms with Gasteiger partial charge in [0.2, 0.25) is 5.91 Å². The van der Waals surface area contributed by atoms with Crippen LogP contribution in [0.1, 0.15) is 43.8 Å². The van der Waals surface area contributed by atoms with Crippen molar-refractivity contribution in [2.75, 3.05) is 39.1 Å². The lowest BCUT2D eigenvalue weighted by Gasteiger charge is -2.35. The van der Waals surface area contributed by atoms with Gasteiger partial charge in [-0.15, -0.1) is 11.8 Å². The molecule has 5 rings (SSSR count). The average molecular weight is 429 g/mol. The zero-order chi connectivity index (χ0) is 20.5. The van der Waals surface area contributed by atoms with Crippen LogP contribution in [-0.4, -0.2) is 66.2 Å². The molecule has 2 atom stereocenters. The first-order valence-electron chi connectivity index (χ1n) is 10.9. The molecule has 0 radical (unpaired) electrons. The van der Waals surface area contributed by atoms with Crippen LogP contribution in [0.15, 0.2) is 22.1 Å². The van der Waals surface area contributed by atoms with E-state index < -0.39 is 0 Å². The van der Waals surface area contributed by atoms with E-state index in [0.29, 0.717) is 18.1 Å². The number of amides is 1. The Labute approximate surface area is 181 Å². The van der Waals surface area contributed by atoms with Crippen LogP contribution >= 0.6 is 11.8 Å². The Morgan fingerprint density at radius 1 is 1.20 bits per heavy atom. The summed E-state index contributed by atoms with van der Waals surface area (Å²) >= 11 is 1.70. The highest BCUT2D eigenvalue weighted by atomic mass is 32.2. The summed E-state index contributed by atoms with van der Waals surface area (Å²) in [7, 11) is 1.64. The van der Waals surface area contributed by atoms with Crippen molar-refractivity contribution in [1.29, 1.82) is 0 Å². The third-order valence-electron chi connectivity index (χ3n) is 6.26. The normalized spacial score (nSPS) is 25.4. The number of ether oxygens (including phenoxy) is 2. The van der Waals surface area contributed by atoms with Gasteiger partial charge in [-0.3, -0.25) is 14.7 Å². The molecule has 1 amide bonds. The zero-order valence-electron chi connectivity index (χ0n) is 17.4. The number of fused-ring (bicyclic) bond motifs is 4. The van der Waals surface area contributed by atoms with Crippen LogP contribution in [0, 0.1) is 5.92 Å². The Hall–Kier alpha value is -2.06. The summed E-state index contributed by atoms with van der Waals surface area (Å²) in [5.74, 6) is 2.32. The Bertz CT molecular complexity index is 881. The SMILES string of the molecule is COc1cc2c(cc1OCCCN1CCCCC1)C1N=C3SCCC3C(=O)N1C=N2. The number of hydrogen-bond donors (Lipinski definition) is 0. The highest BCUT2D eigenvalue weighted by molar-refractivity contribution is 8.14. The fourth-order valence-electron chi connectivity index (χ4n) is 4.62. The lowest BCUT2D eigenvalue weighted by Crippen LogP contribution is -2.43. The summed E-state index contributed by atoms with van der Waals surface area (Å²) in [5, 5.41) is 0.960. The van der Waals surface area contributed by atoms with Crippen molar-refractivity contribution in [3.63, 3.8) is 0 Å². The Kier molecular flexibility index (Phi) is 5.69. The van der Waals surface area contributed by atoms with Crippen molar-refractivity contribution < 1.29 is 14.3 Å². The van der Waals surface area contributed by atoms with Gasteiger partial charge >= 0.3 is 0 Å². The minimum absolute atomic E-state index is 0.0944. The molecule has 2 unspecified atom stereocenters. The molecule has 4 aliphatic heterocycles. The number of nitrogens with zero attached hydrogens (tertiary/aromatic N) is 4. The quantitative estimate of drug-likeness (QED) is 0.648. The summed E-state index contributed by atoms with van der Waals surface area (Å²) in [6.07, 6.45) is 7.07. The minimum atomic E-state index is -0.358. The maximum Gasteiger partial charge on any atom is 0.239 e. The van der Waals surface area contributed by atoms with E-state index in [1.807, 2.05) is 12.1 Å². The first-order valence-corrected chi connectivity index (χ1v) is 11.9. The van der Waals surface area contributed by atoms with Gasteiger partial charge < -0.3 is 14.4 Å². The maximum absolute atomic E-state index is 12.9. The molecule has 4 aliphatic rings. The summed E-state index contributed by atoms with van der Waals surface area (Å²) in [5.41, 5.74) is 1.68. The lowest BCUT2D eigenvalue weighted by molar-refractivity contribution is -0.131. The van der Waals surface area contributed by atoms with E-state index in [-0.39, 0.29) is 18.0 Å². The van der Waals surface area contributed by atoms with Crippen molar-refractivity contribution in [3.05, 3.63) is 17.7 Å². The standard InChI is InChI=1S/C22H28N4O3S/c1-28-18-13-17-16(12-19(18)29-10-5-9-25-7-3-2-4-8-25)20-24-21-15(6-11-30-21)22(27)26(20)14-23-17/h12-15,20H,2-11H2,1H3. The van der Waals surface area contributed by atoms with Gasteiger partial charge in [0, 0.05) is 23.9 Å². The highest BCUT2D eigenvalue weighted by Crippen LogP contribution is 2.45. The molecule has 160 valence electrons. The molecule has 1 aromatic carbocycles. The topological polar surface area (TPSA) is 66.7 Å². The fourth-order valence-corrected chi connectivity index (χ4v) is 5.77. The lowest BCUT2D eigenvalue weighted by atomic mass is 10.00. The van der Waals surface area contributed by atoms with Gasteiger partial charge in [-0.1, -0.05) is 6.42 Å². The molecular weight excluding hydrogens is 400 g/mol. The fraction of sp³-hybridized carbons (Fsp3) is 0.591. The van der Waals surface area contributed by atoms with Crippen LogP contribution in [0.2, 0.25) is 0 Å². The molecule has 0 aromatic heterocycles. The predicted octanol–water partition coefficient (Wildman–Crippen LogP) is 3.62. The van der Waals surface area contributed by atoms with Gasteiger partial charge in [-0.25, -0.2) is 4.99 Å². The molecule has 0 N–H and O–H groups in total. The smallest absolute Gasteiger partial charge is 0.239 e. The number of thioether (sulfide) groups is 1. The second kappa shape index (κ2) is 8.59. The van der Waals surface area contributed by atoms with Gasteiger partial charge in [0.25, 0.3) is 0 Å². The molecule has 30 heavy (non-hydrogen) atoms. The van der Waals surface area contributed by atoms with E-state index in [0.717, 1.165) is 41.4 Å². The first-order chi connectivity index (χ1) is 14.7. The van der Waals surface area contributed by atoms with Crippen LogP contribution in [0.5, 0.6) is 11.5 Å². The molecule has 0 aliphatic carbocycles. The average Bonchev–Trinajstić information content (AvgIpc) is 3.26. The second-order valence-electron chi connectivity index (χ2n) is 8.19. The number of piperidine rings is 1. The molecule has 0 spiro atoms. The third kappa shape index (κ3) is 3.71. The van der Waals surface area contributed by atoms with Crippen molar-refractivity contribution in [2.24, 2.45) is 15.9 Å². The monoisotopic (exact) mass is 428 g/mol. The van der Waals surface area contributed by atoms with Crippen molar-refractivity contribution in [1.82, 2.24) is 9.80 Å². The molecule has 1 aromatic rings. The third-order valence-corrected chi connectivity index (χ3v) is 7.38. The van der Waals surface area contributed by atoms with Gasteiger partial charge in [0.1, 0.15) is 0 Å². The minimum Gasteiger partial charge on any atom is -0.493 e. The molecular formula is C22H28N4O3S. The molecule has 4 heterocycles. The van der Waals surface area contributed by atoms with Crippen molar-refractivity contribution >= 4 is 34.7 Å². The van der Waals surface area contributed by atoms with E-state index in [1.54, 1.807) is 30.1 Å². The number of carbonyl (C=O) groups excluding carboxylic acids is 1. The molecule has 7 nitrogen and oxygen atoms in total. The number of rotatable bonds is 6. The van der Waals surface area contributed by atoms with E-state index in [4.69, 9.17) is 14.5 Å². The van der Waals surface area contributed by atoms with E-state index in [2.05, 4.69) is 9.89 Å². The molecule has 8 heteroatoms. The van der Waals surface area contributed by atoms with Gasteiger partial charge in [0.15, 0.2) is 17.7 Å². The zero-order valence-corrected chi connectivity index (χ0v) is 18.2. The number of methoxy groups -OCH3 is 1. The van der Waals surface area contributed by atoms with Crippen LogP contribution in [-0.2, 0) is 4.79 Å². The van der Waals surface area contributed by atoms with Gasteiger partial charge in [-0.2, -0.15) is 0 Å². The predicted molar refractivity (Wildman–Crippen MR) is 119 cm³/mol. The number of carbonyl (C=O) groups is 1. The maximum atomic E-state index is 12.9. The van der Waals surface area contributed by atoms with E-state index in [1.165, 1.54) is 32.4 Å². The number of likely N-dealkylation sites (tertiary alicyclic amines) is 1. The number of aliphatic imine (C=N–C) groups is 2. The summed E-state index contributed by atoms with van der Waals surface area (Å²) in [6, 6.07) is 3.85. The summed E-state index contributed by atoms with van der Waals surface area (Å²) < 4.78 is 11.7. The molecule has 0 bridgehead atoms. The van der Waals surface area contributed by atoms with E-state index >= 15 is 0 Å². The highest BCUT2D eigenvalue weighted by Gasteiger charge is 2.42. The van der Waals surface area contributed by atoms with Crippen LogP contribution in [0.25, 0.3) is 0 Å². The van der Waals surface area contributed by atoms with Gasteiger partial charge in [0.05, 0.1) is 36.7 Å². The Morgan fingerprint density at radius 3 is 2.90 bits per heavy atom. The Morgan fingerprint density at radius 2 is 2.07 bits per heavy atom. The Balaban J connectivity index is 1.33. The van der Waals surface area contributed by atoms with Crippen LogP contribution < -0.4 is 9.47 Å².